The fourth-order valence-corrected chi connectivity index (χ4v) is 3.17. The van der Waals surface area contributed by atoms with Gasteiger partial charge in [-0.2, -0.15) is 0 Å². The van der Waals surface area contributed by atoms with Crippen molar-refractivity contribution >= 4 is 27.3 Å². The average Bonchev–Trinajstić information content (AvgIpc) is 2.41. The molecule has 0 unspecified atom stereocenters. The van der Waals surface area contributed by atoms with Crippen LogP contribution in [0.15, 0.2) is 47.4 Å². The third-order valence-electron chi connectivity index (χ3n) is 3.04. The van der Waals surface area contributed by atoms with Gasteiger partial charge in [-0.1, -0.05) is 6.07 Å². The van der Waals surface area contributed by atoms with Gasteiger partial charge < -0.3 is 11.5 Å². The lowest BCUT2D eigenvalue weighted by molar-refractivity contribution is 0.100. The number of sulfonamides is 1. The molecule has 0 heterocycles. The van der Waals surface area contributed by atoms with E-state index in [4.69, 9.17) is 11.5 Å². The number of nitrogens with two attached hydrogens (primary N) is 2. The van der Waals surface area contributed by atoms with E-state index in [-0.39, 0.29) is 4.90 Å². The van der Waals surface area contributed by atoms with Crippen molar-refractivity contribution in [3.63, 3.8) is 0 Å². The van der Waals surface area contributed by atoms with Crippen LogP contribution in [0.4, 0.5) is 11.4 Å². The normalized spacial score (nSPS) is 11.1. The van der Waals surface area contributed by atoms with Crippen LogP contribution in [-0.4, -0.2) is 14.3 Å². The highest BCUT2D eigenvalue weighted by Crippen LogP contribution is 2.23. The number of nitrogen functional groups attached to an aromatic ring is 1. The molecule has 1 amide bonds. The summed E-state index contributed by atoms with van der Waals surface area (Å²) >= 11 is 0. The number of carbonyl (C=O) groups excluding carboxylic acids is 1. The van der Waals surface area contributed by atoms with Gasteiger partial charge >= 0.3 is 0 Å². The van der Waals surface area contributed by atoms with Gasteiger partial charge in [-0.05, 0) is 48.9 Å². The molecule has 0 aliphatic heterocycles. The van der Waals surface area contributed by atoms with Crippen LogP contribution in [0.1, 0.15) is 15.9 Å². The summed E-state index contributed by atoms with van der Waals surface area (Å²) in [6.45, 7) is 1.64. The highest BCUT2D eigenvalue weighted by molar-refractivity contribution is 7.92. The van der Waals surface area contributed by atoms with Crippen molar-refractivity contribution in [2.24, 2.45) is 5.73 Å². The Hall–Kier alpha value is -2.54. The van der Waals surface area contributed by atoms with Gasteiger partial charge in [-0.15, -0.1) is 0 Å². The summed E-state index contributed by atoms with van der Waals surface area (Å²) in [5, 5.41) is 0. The molecule has 6 nitrogen and oxygen atoms in total. The summed E-state index contributed by atoms with van der Waals surface area (Å²) in [4.78, 5) is 11.1. The topological polar surface area (TPSA) is 115 Å². The molecule has 2 aromatic rings. The molecule has 0 spiro atoms. The molecule has 5 N–H and O–H groups in total. The van der Waals surface area contributed by atoms with Gasteiger partial charge in [0.25, 0.3) is 10.0 Å². The van der Waals surface area contributed by atoms with Crippen LogP contribution in [0.2, 0.25) is 0 Å². The van der Waals surface area contributed by atoms with Crippen molar-refractivity contribution < 1.29 is 13.2 Å². The largest absolute Gasteiger partial charge is 0.398 e. The fourth-order valence-electron chi connectivity index (χ4n) is 1.84. The summed E-state index contributed by atoms with van der Waals surface area (Å²) in [5.74, 6) is -0.573. The predicted molar refractivity (Wildman–Crippen MR) is 81.4 cm³/mol. The van der Waals surface area contributed by atoms with Gasteiger partial charge in [-0.25, -0.2) is 8.42 Å². The van der Waals surface area contributed by atoms with E-state index < -0.39 is 15.9 Å². The molecule has 7 heteroatoms. The Kier molecular flexibility index (Phi) is 3.86. The number of amides is 1. The van der Waals surface area contributed by atoms with Gasteiger partial charge in [0.2, 0.25) is 5.91 Å². The second-order valence-corrected chi connectivity index (χ2v) is 6.17. The standard InChI is InChI=1S/C14H15N3O3S/c1-9-12(15)3-2-4-13(9)21(19,20)17-11-7-5-10(6-8-11)14(16)18/h2-8,17H,15H2,1H3,(H2,16,18). The molecule has 0 radical (unpaired) electrons. The van der Waals surface area contributed by atoms with Crippen LogP contribution >= 0.6 is 0 Å². The maximum absolute atomic E-state index is 12.3. The van der Waals surface area contributed by atoms with Crippen LogP contribution < -0.4 is 16.2 Å². The number of benzene rings is 2. The van der Waals surface area contributed by atoms with E-state index in [1.54, 1.807) is 19.1 Å². The van der Waals surface area contributed by atoms with Gasteiger partial charge in [0, 0.05) is 16.9 Å². The smallest absolute Gasteiger partial charge is 0.262 e. The second-order valence-electron chi connectivity index (χ2n) is 4.52. The highest BCUT2D eigenvalue weighted by atomic mass is 32.2. The molecule has 0 atom stereocenters. The minimum absolute atomic E-state index is 0.112. The zero-order chi connectivity index (χ0) is 15.6. The van der Waals surface area contributed by atoms with Crippen molar-refractivity contribution in [2.45, 2.75) is 11.8 Å². The van der Waals surface area contributed by atoms with Crippen LogP contribution in [-0.2, 0) is 10.0 Å². The van der Waals surface area contributed by atoms with Crippen LogP contribution in [0.3, 0.4) is 0 Å². The number of hydrogen-bond donors (Lipinski definition) is 3. The number of anilines is 2. The zero-order valence-electron chi connectivity index (χ0n) is 11.3. The SMILES string of the molecule is Cc1c(N)cccc1S(=O)(=O)Nc1ccc(C(N)=O)cc1. The first kappa shape index (κ1) is 14.9. The molecule has 0 bridgehead atoms. The second kappa shape index (κ2) is 5.45. The van der Waals surface area contributed by atoms with Gasteiger partial charge in [0.1, 0.15) is 0 Å². The molecule has 0 aromatic heterocycles. The molecule has 2 aromatic carbocycles. The van der Waals surface area contributed by atoms with Crippen LogP contribution in [0.25, 0.3) is 0 Å². The number of rotatable bonds is 4. The molecule has 0 fully saturated rings. The van der Waals surface area contributed by atoms with E-state index >= 15 is 0 Å². The maximum atomic E-state index is 12.3. The predicted octanol–water partition coefficient (Wildman–Crippen LogP) is 1.48. The molecule has 0 saturated carbocycles. The van der Waals surface area contributed by atoms with E-state index in [1.165, 1.54) is 30.3 Å². The first-order valence-electron chi connectivity index (χ1n) is 6.09. The molecule has 0 aliphatic rings. The fraction of sp³-hybridized carbons (Fsp3) is 0.0714. The molecule has 0 saturated heterocycles. The zero-order valence-corrected chi connectivity index (χ0v) is 12.1. The van der Waals surface area contributed by atoms with E-state index in [2.05, 4.69) is 4.72 Å². The van der Waals surface area contributed by atoms with E-state index in [0.29, 0.717) is 22.5 Å². The molecule has 0 aliphatic carbocycles. The van der Waals surface area contributed by atoms with E-state index in [1.807, 2.05) is 0 Å². The van der Waals surface area contributed by atoms with E-state index in [0.717, 1.165) is 0 Å². The molecular formula is C14H15N3O3S. The Bertz CT molecular complexity index is 784. The summed E-state index contributed by atoms with van der Waals surface area (Å²) < 4.78 is 27.1. The van der Waals surface area contributed by atoms with Crippen molar-refractivity contribution in [3.05, 3.63) is 53.6 Å². The van der Waals surface area contributed by atoms with Gasteiger partial charge in [-0.3, -0.25) is 9.52 Å². The highest BCUT2D eigenvalue weighted by Gasteiger charge is 2.18. The van der Waals surface area contributed by atoms with Crippen molar-refractivity contribution in [1.82, 2.24) is 0 Å². The first-order valence-corrected chi connectivity index (χ1v) is 7.57. The minimum Gasteiger partial charge on any atom is -0.398 e. The summed E-state index contributed by atoms with van der Waals surface area (Å²) in [6, 6.07) is 10.5. The average molecular weight is 305 g/mol. The Morgan fingerprint density at radius 1 is 1.10 bits per heavy atom. The summed E-state index contributed by atoms with van der Waals surface area (Å²) in [5.41, 5.74) is 12.4. The van der Waals surface area contributed by atoms with Gasteiger partial charge in [0.05, 0.1) is 4.90 Å². The number of nitrogens with one attached hydrogen (secondary N) is 1. The van der Waals surface area contributed by atoms with E-state index in [9.17, 15) is 13.2 Å². The number of carbonyl (C=O) groups is 1. The van der Waals surface area contributed by atoms with Crippen molar-refractivity contribution in [3.8, 4) is 0 Å². The molecular weight excluding hydrogens is 290 g/mol. The quantitative estimate of drug-likeness (QED) is 0.742. The number of primary amides is 1. The third kappa shape index (κ3) is 3.14. The maximum Gasteiger partial charge on any atom is 0.262 e. The monoisotopic (exact) mass is 305 g/mol. The Labute approximate surface area is 122 Å². The molecule has 21 heavy (non-hydrogen) atoms. The lowest BCUT2D eigenvalue weighted by Crippen LogP contribution is -2.15. The number of hydrogen-bond acceptors (Lipinski definition) is 4. The summed E-state index contributed by atoms with van der Waals surface area (Å²) in [7, 11) is -3.75. The molecule has 110 valence electrons. The lowest BCUT2D eigenvalue weighted by atomic mass is 10.2. The van der Waals surface area contributed by atoms with Crippen molar-refractivity contribution in [1.29, 1.82) is 0 Å². The Balaban J connectivity index is 2.33. The van der Waals surface area contributed by atoms with Gasteiger partial charge in [0.15, 0.2) is 0 Å². The minimum atomic E-state index is -3.75. The Morgan fingerprint density at radius 3 is 2.29 bits per heavy atom. The molecule has 2 rings (SSSR count). The van der Waals surface area contributed by atoms with Crippen LogP contribution in [0.5, 0.6) is 0 Å². The van der Waals surface area contributed by atoms with Crippen molar-refractivity contribution in [2.75, 3.05) is 10.5 Å². The Morgan fingerprint density at radius 2 is 1.71 bits per heavy atom. The van der Waals surface area contributed by atoms with Crippen LogP contribution in [0, 0.1) is 6.92 Å². The third-order valence-corrected chi connectivity index (χ3v) is 4.56. The first-order chi connectivity index (χ1) is 9.81. The lowest BCUT2D eigenvalue weighted by Gasteiger charge is -2.11. The summed E-state index contributed by atoms with van der Waals surface area (Å²) in [6.07, 6.45) is 0.